The summed E-state index contributed by atoms with van der Waals surface area (Å²) < 4.78 is 0. The molecule has 1 aromatic carbocycles. The van der Waals surface area contributed by atoms with Crippen molar-refractivity contribution in [3.63, 3.8) is 0 Å². The van der Waals surface area contributed by atoms with Crippen molar-refractivity contribution in [1.82, 2.24) is 4.90 Å². The van der Waals surface area contributed by atoms with Gasteiger partial charge in [-0.2, -0.15) is 0 Å². The van der Waals surface area contributed by atoms with E-state index in [2.05, 4.69) is 43.0 Å². The third-order valence-corrected chi connectivity index (χ3v) is 4.73. The lowest BCUT2D eigenvalue weighted by atomic mass is 9.96. The van der Waals surface area contributed by atoms with Crippen molar-refractivity contribution in [3.05, 3.63) is 35.4 Å². The van der Waals surface area contributed by atoms with E-state index in [0.717, 1.165) is 12.0 Å². The zero-order chi connectivity index (χ0) is 12.7. The van der Waals surface area contributed by atoms with E-state index < -0.39 is 0 Å². The molecule has 98 valence electrons. The second-order valence-electron chi connectivity index (χ2n) is 6.24. The van der Waals surface area contributed by atoms with Crippen LogP contribution in [0.25, 0.3) is 0 Å². The van der Waals surface area contributed by atoms with E-state index in [4.69, 9.17) is 5.73 Å². The largest absolute Gasteiger partial charge is 0.326 e. The Morgan fingerprint density at radius 3 is 2.44 bits per heavy atom. The maximum Gasteiger partial charge on any atom is 0.0499 e. The molecule has 4 unspecified atom stereocenters. The first-order valence-corrected chi connectivity index (χ1v) is 7.23. The highest BCUT2D eigenvalue weighted by molar-refractivity contribution is 5.26. The summed E-state index contributed by atoms with van der Waals surface area (Å²) in [7, 11) is 0. The number of hydrogen-bond donors (Lipinski definition) is 1. The van der Waals surface area contributed by atoms with E-state index in [1.807, 2.05) is 0 Å². The van der Waals surface area contributed by atoms with Gasteiger partial charge in [0.1, 0.15) is 0 Å². The Morgan fingerprint density at radius 2 is 1.94 bits per heavy atom. The van der Waals surface area contributed by atoms with Crippen molar-refractivity contribution in [3.8, 4) is 0 Å². The first-order chi connectivity index (χ1) is 8.65. The maximum absolute atomic E-state index is 6.28. The van der Waals surface area contributed by atoms with Crippen LogP contribution in [0, 0.1) is 12.8 Å². The molecule has 0 spiro atoms. The summed E-state index contributed by atoms with van der Waals surface area (Å²) in [5.74, 6) is 0.932. The Labute approximate surface area is 110 Å². The lowest BCUT2D eigenvalue weighted by Gasteiger charge is -2.37. The molecule has 0 amide bonds. The quantitative estimate of drug-likeness (QED) is 0.886. The Hall–Kier alpha value is -0.860. The second kappa shape index (κ2) is 4.67. The molecule has 1 aliphatic carbocycles. The summed E-state index contributed by atoms with van der Waals surface area (Å²) in [5, 5.41) is 0. The number of hydrogen-bond acceptors (Lipinski definition) is 2. The summed E-state index contributed by atoms with van der Waals surface area (Å²) in [6, 6.07) is 10.3. The predicted molar refractivity (Wildman–Crippen MR) is 75.4 cm³/mol. The van der Waals surface area contributed by atoms with Crippen LogP contribution >= 0.6 is 0 Å². The molecule has 0 aromatic heterocycles. The van der Waals surface area contributed by atoms with Gasteiger partial charge in [0.2, 0.25) is 0 Å². The number of nitrogens with zero attached hydrogens (tertiary/aromatic N) is 1. The maximum atomic E-state index is 6.28. The fraction of sp³-hybridized carbons (Fsp3) is 0.625. The fourth-order valence-corrected chi connectivity index (χ4v) is 3.86. The zero-order valence-corrected chi connectivity index (χ0v) is 11.5. The lowest BCUT2D eigenvalue weighted by Crippen LogP contribution is -2.43. The molecule has 1 saturated heterocycles. The van der Waals surface area contributed by atoms with Gasteiger partial charge in [-0.15, -0.1) is 0 Å². The van der Waals surface area contributed by atoms with Crippen molar-refractivity contribution < 1.29 is 0 Å². The molecule has 2 nitrogen and oxygen atoms in total. The third kappa shape index (κ3) is 2.08. The lowest BCUT2D eigenvalue weighted by molar-refractivity contribution is 0.133. The number of piperidine rings is 1. The number of benzene rings is 1. The van der Waals surface area contributed by atoms with Crippen LogP contribution in [0.3, 0.4) is 0 Å². The molecular weight excluding hydrogens is 220 g/mol. The van der Waals surface area contributed by atoms with Gasteiger partial charge < -0.3 is 5.73 Å². The topological polar surface area (TPSA) is 29.3 Å². The Balaban J connectivity index is 1.86. The highest BCUT2D eigenvalue weighted by Crippen LogP contribution is 2.42. The molecule has 2 N–H and O–H groups in total. The van der Waals surface area contributed by atoms with E-state index in [1.54, 1.807) is 0 Å². The Morgan fingerprint density at radius 1 is 1.22 bits per heavy atom. The van der Waals surface area contributed by atoms with Crippen molar-refractivity contribution >= 4 is 0 Å². The van der Waals surface area contributed by atoms with Crippen molar-refractivity contribution in [2.75, 3.05) is 6.54 Å². The van der Waals surface area contributed by atoms with Gasteiger partial charge in [0, 0.05) is 24.7 Å². The van der Waals surface area contributed by atoms with Crippen LogP contribution in [-0.4, -0.2) is 23.5 Å². The molecule has 18 heavy (non-hydrogen) atoms. The van der Waals surface area contributed by atoms with Crippen molar-refractivity contribution in [1.29, 1.82) is 0 Å². The molecule has 1 aliphatic heterocycles. The van der Waals surface area contributed by atoms with Crippen molar-refractivity contribution in [2.24, 2.45) is 11.7 Å². The monoisotopic (exact) mass is 244 g/mol. The number of aryl methyl sites for hydroxylation is 1. The highest BCUT2D eigenvalue weighted by atomic mass is 15.2. The molecule has 1 heterocycles. The molecule has 3 rings (SSSR count). The Bertz CT molecular complexity index is 410. The van der Waals surface area contributed by atoms with E-state index >= 15 is 0 Å². The molecule has 2 fully saturated rings. The van der Waals surface area contributed by atoms with E-state index in [-0.39, 0.29) is 6.04 Å². The average molecular weight is 244 g/mol. The van der Waals surface area contributed by atoms with Crippen LogP contribution in [0.5, 0.6) is 0 Å². The van der Waals surface area contributed by atoms with E-state index in [9.17, 15) is 0 Å². The zero-order valence-electron chi connectivity index (χ0n) is 11.5. The van der Waals surface area contributed by atoms with Gasteiger partial charge in [-0.25, -0.2) is 0 Å². The summed E-state index contributed by atoms with van der Waals surface area (Å²) in [4.78, 5) is 2.67. The minimum atomic E-state index is 0.201. The van der Waals surface area contributed by atoms with Gasteiger partial charge in [0.05, 0.1) is 0 Å². The van der Waals surface area contributed by atoms with Crippen LogP contribution in [-0.2, 0) is 0 Å². The number of fused-ring (bicyclic) bond motifs is 2. The normalized spacial score (nSPS) is 30.6. The molecule has 2 bridgehead atoms. The van der Waals surface area contributed by atoms with Gasteiger partial charge in [-0.1, -0.05) is 29.8 Å². The molecule has 2 aliphatic rings. The molecule has 1 aromatic rings. The SMILES string of the molecule is Cc1ccc(C(C(C)N)N2CC3CCC2C3)cc1. The highest BCUT2D eigenvalue weighted by Gasteiger charge is 2.42. The first kappa shape index (κ1) is 12.2. The standard InChI is InChI=1S/C16H24N2/c1-11-3-6-14(7-4-11)16(12(2)17)18-10-13-5-8-15(18)9-13/h3-4,6-7,12-13,15-16H,5,8-10,17H2,1-2H3. The van der Waals surface area contributed by atoms with Crippen LogP contribution in [0.15, 0.2) is 24.3 Å². The van der Waals surface area contributed by atoms with Gasteiger partial charge in [-0.05, 0) is 44.6 Å². The fourth-order valence-electron chi connectivity index (χ4n) is 3.86. The average Bonchev–Trinajstić information content (AvgIpc) is 2.94. The number of rotatable bonds is 3. The molecular formula is C16H24N2. The smallest absolute Gasteiger partial charge is 0.0499 e. The van der Waals surface area contributed by atoms with Crippen molar-refractivity contribution in [2.45, 2.75) is 51.2 Å². The third-order valence-electron chi connectivity index (χ3n) is 4.73. The van der Waals surface area contributed by atoms with Crippen LogP contribution in [0.1, 0.15) is 43.4 Å². The molecule has 1 saturated carbocycles. The van der Waals surface area contributed by atoms with Gasteiger partial charge in [0.25, 0.3) is 0 Å². The minimum Gasteiger partial charge on any atom is -0.326 e. The summed E-state index contributed by atoms with van der Waals surface area (Å²) in [6.07, 6.45) is 4.20. The first-order valence-electron chi connectivity index (χ1n) is 7.23. The molecule has 0 radical (unpaired) electrons. The van der Waals surface area contributed by atoms with E-state index in [0.29, 0.717) is 6.04 Å². The Kier molecular flexibility index (Phi) is 3.16. The summed E-state index contributed by atoms with van der Waals surface area (Å²) in [6.45, 7) is 5.55. The van der Waals surface area contributed by atoms with Gasteiger partial charge in [-0.3, -0.25) is 4.90 Å². The molecule has 2 heteroatoms. The summed E-state index contributed by atoms with van der Waals surface area (Å²) in [5.41, 5.74) is 8.99. The van der Waals surface area contributed by atoms with Crippen LogP contribution in [0.4, 0.5) is 0 Å². The summed E-state index contributed by atoms with van der Waals surface area (Å²) >= 11 is 0. The van der Waals surface area contributed by atoms with Crippen LogP contribution < -0.4 is 5.73 Å². The predicted octanol–water partition coefficient (Wildman–Crippen LogP) is 2.87. The van der Waals surface area contributed by atoms with E-state index in [1.165, 1.54) is 36.9 Å². The number of likely N-dealkylation sites (tertiary alicyclic amines) is 1. The van der Waals surface area contributed by atoms with Gasteiger partial charge >= 0.3 is 0 Å². The van der Waals surface area contributed by atoms with Gasteiger partial charge in [0.15, 0.2) is 0 Å². The molecule has 4 atom stereocenters. The minimum absolute atomic E-state index is 0.201. The van der Waals surface area contributed by atoms with Crippen LogP contribution in [0.2, 0.25) is 0 Å². The number of nitrogens with two attached hydrogens (primary N) is 1. The second-order valence-corrected chi connectivity index (χ2v) is 6.24.